The number of carbonyl (C=O) groups is 1. The fraction of sp³-hybridized carbons (Fsp3) is 0.133. The number of aromatic nitrogens is 2. The van der Waals surface area contributed by atoms with Crippen LogP contribution in [0.5, 0.6) is 0 Å². The first-order valence-corrected chi connectivity index (χ1v) is 6.73. The fourth-order valence-corrected chi connectivity index (χ4v) is 2.26. The van der Waals surface area contributed by atoms with Crippen molar-refractivity contribution in [3.8, 4) is 23.0 Å². The van der Waals surface area contributed by atoms with Crippen molar-refractivity contribution in [1.29, 1.82) is 0 Å². The first-order valence-electron chi connectivity index (χ1n) is 6.73. The summed E-state index contributed by atoms with van der Waals surface area (Å²) < 4.78 is 15.3. The lowest BCUT2D eigenvalue weighted by Gasteiger charge is -2.12. The molecule has 22 heavy (non-hydrogen) atoms. The van der Waals surface area contributed by atoms with Gasteiger partial charge in [0.15, 0.2) is 5.76 Å². The van der Waals surface area contributed by atoms with Gasteiger partial charge >= 0.3 is 6.09 Å². The van der Waals surface area contributed by atoms with Crippen molar-refractivity contribution < 1.29 is 18.5 Å². The van der Waals surface area contributed by atoms with Gasteiger partial charge in [-0.1, -0.05) is 5.16 Å². The van der Waals surface area contributed by atoms with Crippen molar-refractivity contribution in [2.75, 3.05) is 18.1 Å². The Morgan fingerprint density at radius 1 is 1.14 bits per heavy atom. The van der Waals surface area contributed by atoms with Crippen LogP contribution in [0.15, 0.2) is 51.6 Å². The van der Waals surface area contributed by atoms with E-state index in [4.69, 9.17) is 13.7 Å². The van der Waals surface area contributed by atoms with Crippen molar-refractivity contribution in [1.82, 2.24) is 10.1 Å². The molecule has 0 spiro atoms. The van der Waals surface area contributed by atoms with Gasteiger partial charge in [0.25, 0.3) is 5.89 Å². The highest BCUT2D eigenvalue weighted by atomic mass is 16.6. The molecule has 7 heteroatoms. The second kappa shape index (κ2) is 5.03. The van der Waals surface area contributed by atoms with Crippen LogP contribution in [0.3, 0.4) is 0 Å². The van der Waals surface area contributed by atoms with Gasteiger partial charge in [0, 0.05) is 11.3 Å². The summed E-state index contributed by atoms with van der Waals surface area (Å²) in [5.74, 6) is 1.31. The van der Waals surface area contributed by atoms with E-state index < -0.39 is 0 Å². The van der Waals surface area contributed by atoms with E-state index >= 15 is 0 Å². The minimum absolute atomic E-state index is 0.326. The number of furan rings is 1. The monoisotopic (exact) mass is 297 g/mol. The summed E-state index contributed by atoms with van der Waals surface area (Å²) in [5, 5.41) is 3.93. The molecule has 3 heterocycles. The Hall–Kier alpha value is -3.09. The van der Waals surface area contributed by atoms with Gasteiger partial charge in [-0.15, -0.1) is 0 Å². The number of hydrogen-bond donors (Lipinski definition) is 0. The molecule has 0 radical (unpaired) electrons. The largest absolute Gasteiger partial charge is 0.459 e. The Labute approximate surface area is 125 Å². The van der Waals surface area contributed by atoms with Crippen LogP contribution in [0.4, 0.5) is 10.5 Å². The summed E-state index contributed by atoms with van der Waals surface area (Å²) in [4.78, 5) is 17.4. The Morgan fingerprint density at radius 2 is 2.00 bits per heavy atom. The molecule has 1 amide bonds. The van der Waals surface area contributed by atoms with Crippen LogP contribution in [0.1, 0.15) is 0 Å². The summed E-state index contributed by atoms with van der Waals surface area (Å²) >= 11 is 0. The Morgan fingerprint density at radius 3 is 2.68 bits per heavy atom. The minimum atomic E-state index is -0.326. The number of ether oxygens (including phenoxy) is 1. The van der Waals surface area contributed by atoms with Crippen molar-refractivity contribution in [2.24, 2.45) is 0 Å². The first-order chi connectivity index (χ1) is 10.8. The lowest BCUT2D eigenvalue weighted by atomic mass is 10.2. The van der Waals surface area contributed by atoms with E-state index in [-0.39, 0.29) is 6.09 Å². The SMILES string of the molecule is O=C1OCCN1c1ccc(-c2noc(-c3ccco3)n2)cc1. The average Bonchev–Trinajstić information content (AvgIpc) is 3.28. The van der Waals surface area contributed by atoms with Crippen molar-refractivity contribution in [2.45, 2.75) is 0 Å². The molecule has 0 saturated carbocycles. The molecule has 0 atom stereocenters. The quantitative estimate of drug-likeness (QED) is 0.739. The highest BCUT2D eigenvalue weighted by Crippen LogP contribution is 2.25. The zero-order valence-corrected chi connectivity index (χ0v) is 11.4. The number of hydrogen-bond acceptors (Lipinski definition) is 6. The topological polar surface area (TPSA) is 81.6 Å². The van der Waals surface area contributed by atoms with Crippen molar-refractivity contribution in [3.05, 3.63) is 42.7 Å². The molecule has 0 unspecified atom stereocenters. The van der Waals surface area contributed by atoms with Crippen LogP contribution < -0.4 is 4.90 Å². The number of anilines is 1. The van der Waals surface area contributed by atoms with Gasteiger partial charge in [-0.2, -0.15) is 4.98 Å². The lowest BCUT2D eigenvalue weighted by molar-refractivity contribution is 0.181. The maximum atomic E-state index is 11.5. The molecule has 1 aliphatic heterocycles. The molecule has 110 valence electrons. The minimum Gasteiger partial charge on any atom is -0.459 e. The molecule has 0 aliphatic carbocycles. The molecular formula is C15H11N3O4. The third kappa shape index (κ3) is 2.12. The zero-order chi connectivity index (χ0) is 14.9. The van der Waals surface area contributed by atoms with Gasteiger partial charge in [0.2, 0.25) is 5.82 Å². The summed E-state index contributed by atoms with van der Waals surface area (Å²) in [7, 11) is 0. The fourth-order valence-electron chi connectivity index (χ4n) is 2.26. The van der Waals surface area contributed by atoms with E-state index in [0.29, 0.717) is 30.6 Å². The average molecular weight is 297 g/mol. The molecule has 0 N–H and O–H groups in total. The van der Waals surface area contributed by atoms with Gasteiger partial charge in [0.05, 0.1) is 12.8 Å². The predicted octanol–water partition coefficient (Wildman–Crippen LogP) is 2.95. The Balaban J connectivity index is 1.59. The molecule has 3 aromatic rings. The van der Waals surface area contributed by atoms with Crippen LogP contribution >= 0.6 is 0 Å². The van der Waals surface area contributed by atoms with E-state index in [1.54, 1.807) is 23.3 Å². The van der Waals surface area contributed by atoms with Crippen LogP contribution in [-0.4, -0.2) is 29.4 Å². The van der Waals surface area contributed by atoms with E-state index in [1.807, 2.05) is 24.3 Å². The smallest absolute Gasteiger partial charge is 0.414 e. The number of rotatable bonds is 3. The predicted molar refractivity (Wildman–Crippen MR) is 76.1 cm³/mol. The normalized spacial score (nSPS) is 14.4. The number of carbonyl (C=O) groups excluding carboxylic acids is 1. The van der Waals surface area contributed by atoms with E-state index in [9.17, 15) is 4.79 Å². The first kappa shape index (κ1) is 12.6. The number of benzene rings is 1. The number of cyclic esters (lactones) is 1. The van der Waals surface area contributed by atoms with Gasteiger partial charge in [-0.3, -0.25) is 4.90 Å². The van der Waals surface area contributed by atoms with Gasteiger partial charge in [0.1, 0.15) is 6.61 Å². The molecular weight excluding hydrogens is 286 g/mol. The second-order valence-corrected chi connectivity index (χ2v) is 4.71. The molecule has 0 bridgehead atoms. The van der Waals surface area contributed by atoms with E-state index in [2.05, 4.69) is 10.1 Å². The summed E-state index contributed by atoms with van der Waals surface area (Å²) in [6.07, 6.45) is 1.22. The third-order valence-corrected chi connectivity index (χ3v) is 3.36. The lowest BCUT2D eigenvalue weighted by Crippen LogP contribution is -2.23. The molecule has 1 saturated heterocycles. The molecule has 1 aromatic carbocycles. The van der Waals surface area contributed by atoms with Crippen LogP contribution in [0.2, 0.25) is 0 Å². The van der Waals surface area contributed by atoms with Gasteiger partial charge in [-0.05, 0) is 36.4 Å². The second-order valence-electron chi connectivity index (χ2n) is 4.71. The van der Waals surface area contributed by atoms with Gasteiger partial charge in [-0.25, -0.2) is 4.79 Å². The zero-order valence-electron chi connectivity index (χ0n) is 11.4. The maximum absolute atomic E-state index is 11.5. The number of amides is 1. The van der Waals surface area contributed by atoms with Crippen LogP contribution in [-0.2, 0) is 4.74 Å². The summed E-state index contributed by atoms with van der Waals surface area (Å²) in [6, 6.07) is 10.8. The number of nitrogens with zero attached hydrogens (tertiary/aromatic N) is 3. The maximum Gasteiger partial charge on any atom is 0.414 e. The molecule has 1 aliphatic rings. The van der Waals surface area contributed by atoms with E-state index in [0.717, 1.165) is 11.3 Å². The molecule has 4 rings (SSSR count). The Kier molecular flexibility index (Phi) is 2.89. The van der Waals surface area contributed by atoms with Gasteiger partial charge < -0.3 is 13.7 Å². The summed E-state index contributed by atoms with van der Waals surface area (Å²) in [6.45, 7) is 0.973. The van der Waals surface area contributed by atoms with Crippen LogP contribution in [0.25, 0.3) is 23.0 Å². The van der Waals surface area contributed by atoms with E-state index in [1.165, 1.54) is 0 Å². The van der Waals surface area contributed by atoms with Crippen LogP contribution in [0, 0.1) is 0 Å². The molecule has 7 nitrogen and oxygen atoms in total. The third-order valence-electron chi connectivity index (χ3n) is 3.36. The van der Waals surface area contributed by atoms with Crippen molar-refractivity contribution >= 4 is 11.8 Å². The highest BCUT2D eigenvalue weighted by molar-refractivity contribution is 5.89. The Bertz CT molecular complexity index is 793. The summed E-state index contributed by atoms with van der Waals surface area (Å²) in [5.41, 5.74) is 1.57. The molecule has 2 aromatic heterocycles. The molecule has 1 fully saturated rings. The highest BCUT2D eigenvalue weighted by Gasteiger charge is 2.23. The van der Waals surface area contributed by atoms with Crippen molar-refractivity contribution in [3.63, 3.8) is 0 Å². The standard InChI is InChI=1S/C15H11N3O4/c19-15-18(7-9-21-15)11-5-3-10(4-6-11)13-16-14(22-17-13)12-2-1-8-20-12/h1-6,8H,7,9H2.